The molecule has 0 aliphatic heterocycles. The predicted molar refractivity (Wildman–Crippen MR) is 96.9 cm³/mol. The van der Waals surface area contributed by atoms with Crippen molar-refractivity contribution >= 4 is 23.2 Å². The highest BCUT2D eigenvalue weighted by Gasteiger charge is 2.14. The maximum absolute atomic E-state index is 12.2. The van der Waals surface area contributed by atoms with Gasteiger partial charge in [-0.2, -0.15) is 0 Å². The van der Waals surface area contributed by atoms with Crippen molar-refractivity contribution in [1.82, 2.24) is 10.6 Å². The summed E-state index contributed by atoms with van der Waals surface area (Å²) in [4.78, 5) is 12.2. The molecule has 0 atom stereocenters. The molecular formula is C18H26N2O2S. The predicted octanol–water partition coefficient (Wildman–Crippen LogP) is 3.80. The van der Waals surface area contributed by atoms with Gasteiger partial charge in [-0.05, 0) is 63.2 Å². The van der Waals surface area contributed by atoms with E-state index in [2.05, 4.69) is 10.6 Å². The lowest BCUT2D eigenvalue weighted by molar-refractivity contribution is 0.0976. The van der Waals surface area contributed by atoms with Crippen LogP contribution < -0.4 is 15.4 Å². The second-order valence-corrected chi connectivity index (χ2v) is 6.72. The number of thiocarbonyl (C=S) groups is 1. The van der Waals surface area contributed by atoms with Gasteiger partial charge >= 0.3 is 0 Å². The lowest BCUT2D eigenvalue weighted by Gasteiger charge is -2.18. The van der Waals surface area contributed by atoms with Crippen LogP contribution >= 0.6 is 12.2 Å². The number of amides is 1. The normalized spacial score (nSPS) is 15.8. The molecule has 0 bridgehead atoms. The molecule has 23 heavy (non-hydrogen) atoms. The number of nitrogens with one attached hydrogen (secondary N) is 2. The minimum absolute atomic E-state index is 0.117. The minimum Gasteiger partial charge on any atom is -0.491 e. The Morgan fingerprint density at radius 3 is 2.30 bits per heavy atom. The van der Waals surface area contributed by atoms with E-state index in [-0.39, 0.29) is 12.0 Å². The lowest BCUT2D eigenvalue weighted by atomic mass is 10.1. The van der Waals surface area contributed by atoms with Gasteiger partial charge in [-0.1, -0.05) is 25.7 Å². The highest BCUT2D eigenvalue weighted by molar-refractivity contribution is 7.80. The van der Waals surface area contributed by atoms with Crippen molar-refractivity contribution < 1.29 is 9.53 Å². The monoisotopic (exact) mass is 334 g/mol. The third-order valence-corrected chi connectivity index (χ3v) is 4.13. The third-order valence-electron chi connectivity index (χ3n) is 3.91. The molecule has 0 radical (unpaired) electrons. The number of hydrogen-bond donors (Lipinski definition) is 2. The van der Waals surface area contributed by atoms with E-state index in [0.717, 1.165) is 18.6 Å². The molecule has 2 rings (SSSR count). The first kappa shape index (κ1) is 17.7. The molecule has 1 aliphatic carbocycles. The van der Waals surface area contributed by atoms with Gasteiger partial charge < -0.3 is 10.1 Å². The van der Waals surface area contributed by atoms with E-state index in [4.69, 9.17) is 17.0 Å². The molecule has 2 N–H and O–H groups in total. The van der Waals surface area contributed by atoms with E-state index in [1.807, 2.05) is 13.8 Å². The Hall–Kier alpha value is -1.62. The van der Waals surface area contributed by atoms with Gasteiger partial charge in [-0.25, -0.2) is 0 Å². The zero-order chi connectivity index (χ0) is 16.7. The second kappa shape index (κ2) is 8.87. The fraction of sp³-hybridized carbons (Fsp3) is 0.556. The van der Waals surface area contributed by atoms with Crippen LogP contribution in [0.15, 0.2) is 24.3 Å². The van der Waals surface area contributed by atoms with Crippen molar-refractivity contribution in [2.24, 2.45) is 0 Å². The molecule has 5 heteroatoms. The SMILES string of the molecule is CC(C)Oc1ccc(C(=O)NC(=S)NC2CCCCCC2)cc1. The van der Waals surface area contributed by atoms with Gasteiger partial charge in [0.25, 0.3) is 5.91 Å². The summed E-state index contributed by atoms with van der Waals surface area (Å²) in [7, 11) is 0. The number of hydrogen-bond acceptors (Lipinski definition) is 3. The molecule has 0 spiro atoms. The van der Waals surface area contributed by atoms with E-state index < -0.39 is 0 Å². The third kappa shape index (κ3) is 6.18. The summed E-state index contributed by atoms with van der Waals surface area (Å²) in [6, 6.07) is 7.49. The molecule has 4 nitrogen and oxygen atoms in total. The van der Waals surface area contributed by atoms with E-state index in [0.29, 0.717) is 16.7 Å². The molecule has 1 aromatic rings. The maximum Gasteiger partial charge on any atom is 0.257 e. The molecule has 1 amide bonds. The van der Waals surface area contributed by atoms with Crippen molar-refractivity contribution in [2.45, 2.75) is 64.5 Å². The summed E-state index contributed by atoms with van der Waals surface area (Å²) < 4.78 is 5.57. The Kier molecular flexibility index (Phi) is 6.84. The highest BCUT2D eigenvalue weighted by atomic mass is 32.1. The van der Waals surface area contributed by atoms with Crippen molar-refractivity contribution in [1.29, 1.82) is 0 Å². The molecule has 1 aromatic carbocycles. The minimum atomic E-state index is -0.188. The van der Waals surface area contributed by atoms with E-state index >= 15 is 0 Å². The summed E-state index contributed by atoms with van der Waals surface area (Å²) in [5, 5.41) is 6.46. The summed E-state index contributed by atoms with van der Waals surface area (Å²) in [5.41, 5.74) is 0.575. The Labute approximate surface area is 144 Å². The quantitative estimate of drug-likeness (QED) is 0.649. The second-order valence-electron chi connectivity index (χ2n) is 6.31. The molecule has 0 unspecified atom stereocenters. The lowest BCUT2D eigenvalue weighted by Crippen LogP contribution is -2.44. The van der Waals surface area contributed by atoms with Crippen molar-refractivity contribution in [3.63, 3.8) is 0 Å². The van der Waals surface area contributed by atoms with Gasteiger partial charge in [0, 0.05) is 11.6 Å². The standard InChI is InChI=1S/C18H26N2O2S/c1-13(2)22-16-11-9-14(10-12-16)17(21)20-18(23)19-15-7-5-3-4-6-8-15/h9-13,15H,3-8H2,1-2H3,(H2,19,20,21,23). The molecule has 0 aromatic heterocycles. The van der Waals surface area contributed by atoms with Crippen LogP contribution in [0.4, 0.5) is 0 Å². The summed E-state index contributed by atoms with van der Waals surface area (Å²) >= 11 is 5.27. The average Bonchev–Trinajstić information content (AvgIpc) is 2.75. The zero-order valence-corrected chi connectivity index (χ0v) is 14.7. The van der Waals surface area contributed by atoms with E-state index in [9.17, 15) is 4.79 Å². The van der Waals surface area contributed by atoms with Crippen LogP contribution in [-0.4, -0.2) is 23.2 Å². The van der Waals surface area contributed by atoms with Gasteiger partial charge in [-0.3, -0.25) is 10.1 Å². The first-order chi connectivity index (χ1) is 11.0. The largest absolute Gasteiger partial charge is 0.491 e. The molecular weight excluding hydrogens is 308 g/mol. The number of carbonyl (C=O) groups excluding carboxylic acids is 1. The molecule has 0 heterocycles. The van der Waals surface area contributed by atoms with Crippen molar-refractivity contribution in [3.05, 3.63) is 29.8 Å². The van der Waals surface area contributed by atoms with Crippen LogP contribution in [0.5, 0.6) is 5.75 Å². The van der Waals surface area contributed by atoms with Crippen molar-refractivity contribution in [3.8, 4) is 5.75 Å². The highest BCUT2D eigenvalue weighted by Crippen LogP contribution is 2.17. The summed E-state index contributed by atoms with van der Waals surface area (Å²) in [5.74, 6) is 0.572. The van der Waals surface area contributed by atoms with Gasteiger partial charge in [0.1, 0.15) is 5.75 Å². The number of ether oxygens (including phenoxy) is 1. The topological polar surface area (TPSA) is 50.4 Å². The Bertz CT molecular complexity index is 520. The first-order valence-corrected chi connectivity index (χ1v) is 8.84. The van der Waals surface area contributed by atoms with E-state index in [1.54, 1.807) is 24.3 Å². The van der Waals surface area contributed by atoms with Crippen LogP contribution in [0.3, 0.4) is 0 Å². The Balaban J connectivity index is 1.84. The Morgan fingerprint density at radius 2 is 1.74 bits per heavy atom. The van der Waals surface area contributed by atoms with E-state index in [1.165, 1.54) is 25.7 Å². The van der Waals surface area contributed by atoms with Crippen LogP contribution in [0.2, 0.25) is 0 Å². The van der Waals surface area contributed by atoms with Gasteiger partial charge in [0.2, 0.25) is 0 Å². The van der Waals surface area contributed by atoms with Crippen LogP contribution in [0.25, 0.3) is 0 Å². The number of carbonyl (C=O) groups is 1. The molecule has 126 valence electrons. The van der Waals surface area contributed by atoms with Crippen LogP contribution in [0, 0.1) is 0 Å². The first-order valence-electron chi connectivity index (χ1n) is 8.43. The number of benzene rings is 1. The zero-order valence-electron chi connectivity index (χ0n) is 13.9. The summed E-state index contributed by atoms with van der Waals surface area (Å²) in [6.07, 6.45) is 7.40. The van der Waals surface area contributed by atoms with Crippen LogP contribution in [-0.2, 0) is 0 Å². The number of rotatable bonds is 4. The van der Waals surface area contributed by atoms with Crippen molar-refractivity contribution in [2.75, 3.05) is 0 Å². The molecule has 0 saturated heterocycles. The summed E-state index contributed by atoms with van der Waals surface area (Å²) in [6.45, 7) is 3.94. The average molecular weight is 334 g/mol. The Morgan fingerprint density at radius 1 is 1.13 bits per heavy atom. The fourth-order valence-corrected chi connectivity index (χ4v) is 3.04. The van der Waals surface area contributed by atoms with Gasteiger partial charge in [0.15, 0.2) is 5.11 Å². The van der Waals surface area contributed by atoms with Crippen LogP contribution in [0.1, 0.15) is 62.7 Å². The molecule has 1 saturated carbocycles. The van der Waals surface area contributed by atoms with Gasteiger partial charge in [0.05, 0.1) is 6.10 Å². The van der Waals surface area contributed by atoms with Gasteiger partial charge in [-0.15, -0.1) is 0 Å². The fourth-order valence-electron chi connectivity index (χ4n) is 2.78. The molecule has 1 aliphatic rings. The smallest absolute Gasteiger partial charge is 0.257 e. The molecule has 1 fully saturated rings. The maximum atomic E-state index is 12.2.